The number of hydrogen-bond donors (Lipinski definition) is 3. The Labute approximate surface area is 103 Å². The number of nitrogens with two attached hydrogens (primary N) is 1. The van der Waals surface area contributed by atoms with Gasteiger partial charge in [0.2, 0.25) is 5.95 Å². The van der Waals surface area contributed by atoms with E-state index in [-0.39, 0.29) is 5.82 Å². The molecule has 0 aliphatic carbocycles. The van der Waals surface area contributed by atoms with Gasteiger partial charge >= 0.3 is 0 Å². The summed E-state index contributed by atoms with van der Waals surface area (Å²) in [7, 11) is 0. The molecule has 0 amide bonds. The zero-order chi connectivity index (χ0) is 12.5. The third-order valence-electron chi connectivity index (χ3n) is 2.61. The van der Waals surface area contributed by atoms with Crippen molar-refractivity contribution in [2.24, 2.45) is 0 Å². The molecule has 0 radical (unpaired) electrons. The van der Waals surface area contributed by atoms with Crippen molar-refractivity contribution >= 4 is 28.4 Å². The fourth-order valence-electron chi connectivity index (χ4n) is 1.76. The number of rotatable bonds is 2. The molecule has 0 atom stereocenters. The normalized spacial score (nSPS) is 10.7. The lowest BCUT2D eigenvalue weighted by Gasteiger charge is -2.01. The molecule has 2 aromatic carbocycles. The van der Waals surface area contributed by atoms with E-state index in [1.165, 1.54) is 12.1 Å². The van der Waals surface area contributed by atoms with Crippen molar-refractivity contribution in [3.63, 3.8) is 0 Å². The Bertz CT molecular complexity index is 688. The van der Waals surface area contributed by atoms with Crippen molar-refractivity contribution < 1.29 is 4.39 Å². The Morgan fingerprint density at radius 1 is 1.11 bits per heavy atom. The van der Waals surface area contributed by atoms with E-state index in [4.69, 9.17) is 5.73 Å². The summed E-state index contributed by atoms with van der Waals surface area (Å²) in [6.07, 6.45) is 0. The molecule has 3 rings (SSSR count). The average molecular weight is 242 g/mol. The van der Waals surface area contributed by atoms with Crippen LogP contribution in [0.1, 0.15) is 0 Å². The Morgan fingerprint density at radius 3 is 2.67 bits per heavy atom. The molecule has 0 unspecified atom stereocenters. The summed E-state index contributed by atoms with van der Waals surface area (Å²) in [5.41, 5.74) is 8.83. The molecule has 5 heteroatoms. The first-order valence-electron chi connectivity index (χ1n) is 5.48. The summed E-state index contributed by atoms with van der Waals surface area (Å²) in [6.45, 7) is 0. The maximum absolute atomic E-state index is 12.8. The van der Waals surface area contributed by atoms with Gasteiger partial charge in [-0.05, 0) is 42.5 Å². The number of imidazole rings is 1. The Balaban J connectivity index is 1.92. The highest BCUT2D eigenvalue weighted by Crippen LogP contribution is 2.20. The van der Waals surface area contributed by atoms with Crippen LogP contribution in [0.3, 0.4) is 0 Å². The van der Waals surface area contributed by atoms with Crippen LogP contribution < -0.4 is 11.1 Å². The predicted molar refractivity (Wildman–Crippen MR) is 70.2 cm³/mol. The number of nitrogens with one attached hydrogen (secondary N) is 2. The Hall–Kier alpha value is -2.56. The van der Waals surface area contributed by atoms with E-state index in [1.807, 2.05) is 12.1 Å². The van der Waals surface area contributed by atoms with Gasteiger partial charge in [-0.15, -0.1) is 0 Å². The lowest BCUT2D eigenvalue weighted by Crippen LogP contribution is -1.91. The average Bonchev–Trinajstić information content (AvgIpc) is 2.73. The maximum Gasteiger partial charge on any atom is 0.205 e. The van der Waals surface area contributed by atoms with Crippen LogP contribution in [0.2, 0.25) is 0 Å². The predicted octanol–water partition coefficient (Wildman–Crippen LogP) is 3.03. The van der Waals surface area contributed by atoms with Crippen molar-refractivity contribution in [3.05, 3.63) is 48.3 Å². The standard InChI is InChI=1S/C13H11FN4/c14-8-1-4-10(5-2-8)16-13-17-11-6-3-9(15)7-12(11)18-13/h1-7H,15H2,(H2,16,17,18). The number of anilines is 3. The fraction of sp³-hybridized carbons (Fsp3) is 0. The minimum atomic E-state index is -0.266. The van der Waals surface area contributed by atoms with E-state index in [1.54, 1.807) is 18.2 Å². The third kappa shape index (κ3) is 1.98. The van der Waals surface area contributed by atoms with Gasteiger partial charge in [0.25, 0.3) is 0 Å². The quantitative estimate of drug-likeness (QED) is 0.605. The van der Waals surface area contributed by atoms with E-state index in [0.29, 0.717) is 11.6 Å². The summed E-state index contributed by atoms with van der Waals surface area (Å²) in [5.74, 6) is 0.333. The smallest absolute Gasteiger partial charge is 0.205 e. The maximum atomic E-state index is 12.8. The van der Waals surface area contributed by atoms with Crippen LogP contribution in [0.15, 0.2) is 42.5 Å². The Morgan fingerprint density at radius 2 is 1.89 bits per heavy atom. The number of fused-ring (bicyclic) bond motifs is 1. The molecule has 1 aromatic heterocycles. The molecule has 0 aliphatic rings. The molecule has 4 nitrogen and oxygen atoms in total. The zero-order valence-electron chi connectivity index (χ0n) is 9.44. The molecule has 1 heterocycles. The molecule has 3 aromatic rings. The molecular formula is C13H11FN4. The molecule has 0 saturated carbocycles. The van der Waals surface area contributed by atoms with Gasteiger partial charge in [-0.3, -0.25) is 0 Å². The highest BCUT2D eigenvalue weighted by atomic mass is 19.1. The number of aromatic amines is 1. The van der Waals surface area contributed by atoms with E-state index in [0.717, 1.165) is 16.7 Å². The van der Waals surface area contributed by atoms with E-state index in [2.05, 4.69) is 15.3 Å². The monoisotopic (exact) mass is 242 g/mol. The molecule has 4 N–H and O–H groups in total. The number of halogens is 1. The number of hydrogen-bond acceptors (Lipinski definition) is 3. The fourth-order valence-corrected chi connectivity index (χ4v) is 1.76. The van der Waals surface area contributed by atoms with Crippen LogP contribution in [0.5, 0.6) is 0 Å². The summed E-state index contributed by atoms with van der Waals surface area (Å²) in [5, 5.41) is 3.07. The van der Waals surface area contributed by atoms with Crippen molar-refractivity contribution in [2.45, 2.75) is 0 Å². The Kier molecular flexibility index (Phi) is 2.37. The first-order valence-corrected chi connectivity index (χ1v) is 5.48. The molecule has 0 aliphatic heterocycles. The van der Waals surface area contributed by atoms with Gasteiger partial charge in [-0.1, -0.05) is 0 Å². The number of aromatic nitrogens is 2. The summed E-state index contributed by atoms with van der Waals surface area (Å²) < 4.78 is 12.8. The van der Waals surface area contributed by atoms with Crippen molar-refractivity contribution in [1.82, 2.24) is 9.97 Å². The van der Waals surface area contributed by atoms with Crippen LogP contribution >= 0.6 is 0 Å². The lowest BCUT2D eigenvalue weighted by molar-refractivity contribution is 0.628. The summed E-state index contributed by atoms with van der Waals surface area (Å²) >= 11 is 0. The summed E-state index contributed by atoms with van der Waals surface area (Å²) in [6, 6.07) is 11.5. The van der Waals surface area contributed by atoms with Crippen LogP contribution in [-0.4, -0.2) is 9.97 Å². The van der Waals surface area contributed by atoms with Crippen molar-refractivity contribution in [1.29, 1.82) is 0 Å². The first kappa shape index (κ1) is 10.6. The summed E-state index contributed by atoms with van der Waals surface area (Å²) in [4.78, 5) is 7.46. The third-order valence-corrected chi connectivity index (χ3v) is 2.61. The molecule has 90 valence electrons. The van der Waals surface area contributed by atoms with Gasteiger partial charge in [0.15, 0.2) is 0 Å². The molecule has 0 saturated heterocycles. The second-order valence-electron chi connectivity index (χ2n) is 3.99. The van der Waals surface area contributed by atoms with Crippen LogP contribution in [0.25, 0.3) is 11.0 Å². The first-order chi connectivity index (χ1) is 8.70. The lowest BCUT2D eigenvalue weighted by atomic mass is 10.3. The van der Waals surface area contributed by atoms with Crippen LogP contribution in [0, 0.1) is 5.82 Å². The molecule has 0 spiro atoms. The van der Waals surface area contributed by atoms with Crippen LogP contribution in [-0.2, 0) is 0 Å². The molecule has 0 bridgehead atoms. The zero-order valence-corrected chi connectivity index (χ0v) is 9.44. The van der Waals surface area contributed by atoms with E-state index < -0.39 is 0 Å². The largest absolute Gasteiger partial charge is 0.399 e. The van der Waals surface area contributed by atoms with Gasteiger partial charge in [0.1, 0.15) is 5.82 Å². The van der Waals surface area contributed by atoms with Gasteiger partial charge in [-0.2, -0.15) is 0 Å². The highest BCUT2D eigenvalue weighted by Gasteiger charge is 2.03. The minimum Gasteiger partial charge on any atom is -0.399 e. The number of benzene rings is 2. The van der Waals surface area contributed by atoms with Crippen molar-refractivity contribution in [2.75, 3.05) is 11.1 Å². The van der Waals surface area contributed by atoms with Gasteiger partial charge in [-0.25, -0.2) is 9.37 Å². The van der Waals surface area contributed by atoms with E-state index in [9.17, 15) is 4.39 Å². The minimum absolute atomic E-state index is 0.266. The second kappa shape index (κ2) is 4.03. The van der Waals surface area contributed by atoms with Gasteiger partial charge in [0.05, 0.1) is 11.0 Å². The number of nitrogen functional groups attached to an aromatic ring is 1. The molecular weight excluding hydrogens is 231 g/mol. The van der Waals surface area contributed by atoms with Gasteiger partial charge in [0, 0.05) is 11.4 Å². The molecule has 0 fully saturated rings. The highest BCUT2D eigenvalue weighted by molar-refractivity contribution is 5.81. The van der Waals surface area contributed by atoms with E-state index >= 15 is 0 Å². The van der Waals surface area contributed by atoms with Crippen molar-refractivity contribution in [3.8, 4) is 0 Å². The SMILES string of the molecule is Nc1ccc2nc(Nc3ccc(F)cc3)[nH]c2c1. The number of nitrogens with zero attached hydrogens (tertiary/aromatic N) is 1. The van der Waals surface area contributed by atoms with Gasteiger partial charge < -0.3 is 16.0 Å². The topological polar surface area (TPSA) is 66.7 Å². The number of H-pyrrole nitrogens is 1. The second-order valence-corrected chi connectivity index (χ2v) is 3.99. The van der Waals surface area contributed by atoms with Crippen LogP contribution in [0.4, 0.5) is 21.7 Å². The molecule has 18 heavy (non-hydrogen) atoms.